The topological polar surface area (TPSA) is 35.5 Å². The van der Waals surface area contributed by atoms with Gasteiger partial charge in [-0.2, -0.15) is 0 Å². The summed E-state index contributed by atoms with van der Waals surface area (Å²) in [4.78, 5) is 12.3. The molecule has 0 radical (unpaired) electrons. The first-order chi connectivity index (χ1) is 12.0. The lowest BCUT2D eigenvalue weighted by atomic mass is 10.0. The van der Waals surface area contributed by atoms with Gasteiger partial charge in [-0.05, 0) is 35.0 Å². The van der Waals surface area contributed by atoms with Gasteiger partial charge in [0.2, 0.25) is 5.79 Å². The van der Waals surface area contributed by atoms with Gasteiger partial charge in [-0.15, -0.1) is 0 Å². The fraction of sp³-hybridized carbons (Fsp3) is 0.136. The highest BCUT2D eigenvalue weighted by Crippen LogP contribution is 2.32. The number of hydrogen-bond acceptors (Lipinski definition) is 3. The first-order valence-corrected chi connectivity index (χ1v) is 8.08. The van der Waals surface area contributed by atoms with Crippen LogP contribution in [0.1, 0.15) is 35.3 Å². The summed E-state index contributed by atoms with van der Waals surface area (Å²) in [5, 5.41) is 2.30. The monoisotopic (exact) mass is 328 g/mol. The molecule has 3 aromatic carbocycles. The molecule has 3 nitrogen and oxygen atoms in total. The second-order valence-electron chi connectivity index (χ2n) is 6.38. The van der Waals surface area contributed by atoms with Gasteiger partial charge in [-0.3, -0.25) is 0 Å². The maximum absolute atomic E-state index is 12.3. The van der Waals surface area contributed by atoms with E-state index in [-0.39, 0.29) is 0 Å². The standard InChI is InChI=1S/C22H16O3/c1-22(2)24-19-9-5-8-17(20(19)21(23)25-22)13-11-15-10-12-16-6-3-4-7-18(16)14-15/h3-10,12,14H,1-2H3. The van der Waals surface area contributed by atoms with E-state index >= 15 is 0 Å². The Kier molecular flexibility index (Phi) is 3.47. The summed E-state index contributed by atoms with van der Waals surface area (Å²) in [5.74, 6) is 5.35. The van der Waals surface area contributed by atoms with Crippen molar-refractivity contribution in [1.82, 2.24) is 0 Å². The second kappa shape index (κ2) is 5.68. The molecule has 4 rings (SSSR count). The van der Waals surface area contributed by atoms with Crippen molar-refractivity contribution >= 4 is 16.7 Å². The Morgan fingerprint density at radius 1 is 0.840 bits per heavy atom. The molecule has 0 amide bonds. The van der Waals surface area contributed by atoms with Crippen molar-refractivity contribution < 1.29 is 14.3 Å². The summed E-state index contributed by atoms with van der Waals surface area (Å²) < 4.78 is 11.1. The van der Waals surface area contributed by atoms with Crippen molar-refractivity contribution in [2.75, 3.05) is 0 Å². The summed E-state index contributed by atoms with van der Waals surface area (Å²) in [7, 11) is 0. The van der Waals surface area contributed by atoms with Crippen molar-refractivity contribution in [1.29, 1.82) is 0 Å². The van der Waals surface area contributed by atoms with Crippen LogP contribution in [0.2, 0.25) is 0 Å². The molecule has 0 unspecified atom stereocenters. The average molecular weight is 328 g/mol. The Labute approximate surface area is 146 Å². The van der Waals surface area contributed by atoms with Crippen molar-refractivity contribution in [2.45, 2.75) is 19.6 Å². The largest absolute Gasteiger partial charge is 0.452 e. The van der Waals surface area contributed by atoms with Crippen molar-refractivity contribution in [2.24, 2.45) is 0 Å². The van der Waals surface area contributed by atoms with Crippen molar-refractivity contribution in [3.8, 4) is 17.6 Å². The first-order valence-electron chi connectivity index (χ1n) is 8.08. The van der Waals surface area contributed by atoms with Crippen LogP contribution in [0, 0.1) is 11.8 Å². The van der Waals surface area contributed by atoms with Gasteiger partial charge in [0.25, 0.3) is 0 Å². The Balaban J connectivity index is 1.75. The van der Waals surface area contributed by atoms with Crippen LogP contribution < -0.4 is 4.74 Å². The van der Waals surface area contributed by atoms with Crippen LogP contribution in [-0.2, 0) is 4.74 Å². The fourth-order valence-corrected chi connectivity index (χ4v) is 2.90. The number of cyclic esters (lactones) is 1. The van der Waals surface area contributed by atoms with E-state index in [2.05, 4.69) is 24.0 Å². The van der Waals surface area contributed by atoms with Gasteiger partial charge in [0.05, 0.1) is 0 Å². The predicted molar refractivity (Wildman–Crippen MR) is 96.5 cm³/mol. The zero-order valence-electron chi connectivity index (χ0n) is 14.0. The minimum atomic E-state index is -0.964. The van der Waals surface area contributed by atoms with Crippen LogP contribution in [-0.4, -0.2) is 11.8 Å². The number of fused-ring (bicyclic) bond motifs is 2. The molecule has 1 aliphatic rings. The molecule has 1 aliphatic heterocycles. The molecular formula is C22H16O3. The number of esters is 1. The van der Waals surface area contributed by atoms with Crippen LogP contribution >= 0.6 is 0 Å². The zero-order valence-corrected chi connectivity index (χ0v) is 14.0. The lowest BCUT2D eigenvalue weighted by Gasteiger charge is -2.31. The van der Waals surface area contributed by atoms with Gasteiger partial charge < -0.3 is 9.47 Å². The van der Waals surface area contributed by atoms with E-state index < -0.39 is 11.8 Å². The third kappa shape index (κ3) is 2.95. The number of carbonyl (C=O) groups excluding carboxylic acids is 1. The maximum Gasteiger partial charge on any atom is 0.346 e. The van der Waals surface area contributed by atoms with E-state index in [0.29, 0.717) is 16.9 Å². The molecule has 25 heavy (non-hydrogen) atoms. The first kappa shape index (κ1) is 15.3. The molecule has 0 aliphatic carbocycles. The third-order valence-corrected chi connectivity index (χ3v) is 4.02. The smallest absolute Gasteiger partial charge is 0.346 e. The van der Waals surface area contributed by atoms with Gasteiger partial charge in [-0.1, -0.05) is 48.2 Å². The number of carbonyl (C=O) groups is 1. The molecule has 3 aromatic rings. The average Bonchev–Trinajstić information content (AvgIpc) is 2.58. The normalized spacial score (nSPS) is 14.7. The van der Waals surface area contributed by atoms with E-state index in [4.69, 9.17) is 9.47 Å². The predicted octanol–water partition coefficient (Wildman–Crippen LogP) is 4.52. The Hall–Kier alpha value is -3.25. The molecule has 122 valence electrons. The van der Waals surface area contributed by atoms with Crippen LogP contribution in [0.5, 0.6) is 5.75 Å². The molecule has 0 saturated heterocycles. The maximum atomic E-state index is 12.3. The van der Waals surface area contributed by atoms with Crippen molar-refractivity contribution in [3.63, 3.8) is 0 Å². The quantitative estimate of drug-likeness (QED) is 0.449. The third-order valence-electron chi connectivity index (χ3n) is 4.02. The molecule has 3 heteroatoms. The molecule has 0 aromatic heterocycles. The number of rotatable bonds is 0. The molecule has 0 N–H and O–H groups in total. The highest BCUT2D eigenvalue weighted by atomic mass is 16.7. The molecule has 0 bridgehead atoms. The van der Waals surface area contributed by atoms with Crippen LogP contribution in [0.4, 0.5) is 0 Å². The van der Waals surface area contributed by atoms with E-state index in [1.807, 2.05) is 36.4 Å². The second-order valence-corrected chi connectivity index (χ2v) is 6.38. The molecular weight excluding hydrogens is 312 g/mol. The molecule has 0 atom stereocenters. The number of ether oxygens (including phenoxy) is 2. The van der Waals surface area contributed by atoms with Gasteiger partial charge in [-0.25, -0.2) is 4.79 Å². The van der Waals surface area contributed by atoms with E-state index in [1.54, 1.807) is 26.0 Å². The minimum absolute atomic E-state index is 0.384. The lowest BCUT2D eigenvalue weighted by Crippen LogP contribution is -2.39. The number of benzene rings is 3. The van der Waals surface area contributed by atoms with Crippen molar-refractivity contribution in [3.05, 3.63) is 77.4 Å². The van der Waals surface area contributed by atoms with Gasteiger partial charge in [0.15, 0.2) is 0 Å². The van der Waals surface area contributed by atoms with Gasteiger partial charge in [0, 0.05) is 25.0 Å². The SMILES string of the molecule is CC1(C)OC(=O)c2c(C#Cc3ccc4ccccc4c3)cccc2O1. The molecule has 0 saturated carbocycles. The fourth-order valence-electron chi connectivity index (χ4n) is 2.90. The van der Waals surface area contributed by atoms with Gasteiger partial charge in [0.1, 0.15) is 11.3 Å². The van der Waals surface area contributed by atoms with Gasteiger partial charge >= 0.3 is 5.97 Å². The summed E-state index contributed by atoms with van der Waals surface area (Å²) in [6.07, 6.45) is 0. The molecule has 0 fully saturated rings. The molecule has 0 spiro atoms. The lowest BCUT2D eigenvalue weighted by molar-refractivity contribution is -0.127. The Bertz CT molecular complexity index is 1050. The summed E-state index contributed by atoms with van der Waals surface area (Å²) in [6, 6.07) is 19.6. The number of hydrogen-bond donors (Lipinski definition) is 0. The van der Waals surface area contributed by atoms with E-state index in [0.717, 1.165) is 10.9 Å². The molecule has 1 heterocycles. The Morgan fingerprint density at radius 2 is 1.64 bits per heavy atom. The van der Waals surface area contributed by atoms with E-state index in [9.17, 15) is 4.79 Å². The Morgan fingerprint density at radius 3 is 2.48 bits per heavy atom. The summed E-state index contributed by atoms with van der Waals surface area (Å²) in [6.45, 7) is 3.42. The summed E-state index contributed by atoms with van der Waals surface area (Å²) in [5.41, 5.74) is 1.88. The minimum Gasteiger partial charge on any atom is -0.452 e. The van der Waals surface area contributed by atoms with Crippen LogP contribution in [0.25, 0.3) is 10.8 Å². The van der Waals surface area contributed by atoms with Crippen LogP contribution in [0.3, 0.4) is 0 Å². The highest BCUT2D eigenvalue weighted by molar-refractivity contribution is 5.96. The zero-order chi connectivity index (χ0) is 17.4. The van der Waals surface area contributed by atoms with E-state index in [1.165, 1.54) is 5.39 Å². The highest BCUT2D eigenvalue weighted by Gasteiger charge is 2.35. The summed E-state index contributed by atoms with van der Waals surface area (Å²) >= 11 is 0. The van der Waals surface area contributed by atoms with Crippen LogP contribution in [0.15, 0.2) is 60.7 Å².